The van der Waals surface area contributed by atoms with Crippen molar-refractivity contribution in [3.63, 3.8) is 0 Å². The molecule has 2 aromatic rings. The predicted molar refractivity (Wildman–Crippen MR) is 111 cm³/mol. The Morgan fingerprint density at radius 3 is 2.56 bits per heavy atom. The Morgan fingerprint density at radius 2 is 1.93 bits per heavy atom. The third kappa shape index (κ3) is 5.11. The minimum atomic E-state index is 0. The highest BCUT2D eigenvalue weighted by atomic mass is 35.5. The summed E-state index contributed by atoms with van der Waals surface area (Å²) in [5.74, 6) is 0.714. The average molecular weight is 391 g/mol. The number of aryl methyl sites for hydroxylation is 2. The fourth-order valence-electron chi connectivity index (χ4n) is 3.76. The van der Waals surface area contributed by atoms with Gasteiger partial charge in [0.05, 0.1) is 12.2 Å². The summed E-state index contributed by atoms with van der Waals surface area (Å²) in [4.78, 5) is 14.5. The van der Waals surface area contributed by atoms with Crippen molar-refractivity contribution in [2.75, 3.05) is 19.6 Å². The van der Waals surface area contributed by atoms with Crippen LogP contribution in [0.4, 0.5) is 0 Å². The van der Waals surface area contributed by atoms with E-state index in [2.05, 4.69) is 42.8 Å². The minimum Gasteiger partial charge on any atom is -0.342 e. The van der Waals surface area contributed by atoms with Crippen molar-refractivity contribution in [3.8, 4) is 0 Å². The van der Waals surface area contributed by atoms with Gasteiger partial charge in [-0.2, -0.15) is 5.10 Å². The van der Waals surface area contributed by atoms with Crippen LogP contribution < -0.4 is 5.73 Å². The maximum atomic E-state index is 12.5. The molecule has 2 heterocycles. The Kier molecular flexibility index (Phi) is 7.45. The number of carbonyl (C=O) groups excluding carboxylic acids is 1. The molecule has 5 nitrogen and oxygen atoms in total. The molecule has 0 bridgehead atoms. The van der Waals surface area contributed by atoms with Crippen molar-refractivity contribution in [1.29, 1.82) is 0 Å². The number of carbonyl (C=O) groups is 1. The molecule has 0 saturated carbocycles. The molecule has 0 aliphatic carbocycles. The summed E-state index contributed by atoms with van der Waals surface area (Å²) in [6.45, 7) is 9.36. The minimum absolute atomic E-state index is 0. The fourth-order valence-corrected chi connectivity index (χ4v) is 3.76. The van der Waals surface area contributed by atoms with Crippen molar-refractivity contribution in [3.05, 3.63) is 52.3 Å². The van der Waals surface area contributed by atoms with Crippen molar-refractivity contribution in [1.82, 2.24) is 14.7 Å². The number of rotatable bonds is 6. The van der Waals surface area contributed by atoms with E-state index in [9.17, 15) is 4.79 Å². The largest absolute Gasteiger partial charge is 0.342 e. The lowest BCUT2D eigenvalue weighted by Crippen LogP contribution is -2.30. The Labute approximate surface area is 168 Å². The average Bonchev–Trinajstić information content (AvgIpc) is 3.21. The first kappa shape index (κ1) is 21.5. The van der Waals surface area contributed by atoms with Crippen LogP contribution >= 0.6 is 12.4 Å². The SMILES string of the molecule is Cc1ccc(Cn2nc(C)c(CCC(=O)N3CCC(CN)C3)c2C)cc1.Cl. The van der Waals surface area contributed by atoms with E-state index in [4.69, 9.17) is 10.8 Å². The van der Waals surface area contributed by atoms with Gasteiger partial charge in [-0.1, -0.05) is 29.8 Å². The predicted octanol–water partition coefficient (Wildman–Crippen LogP) is 3.02. The molecule has 1 aromatic heterocycles. The van der Waals surface area contributed by atoms with Gasteiger partial charge in [0.1, 0.15) is 0 Å². The van der Waals surface area contributed by atoms with Crippen LogP contribution in [0.25, 0.3) is 0 Å². The molecular formula is C21H31ClN4O. The van der Waals surface area contributed by atoms with Gasteiger partial charge in [-0.25, -0.2) is 0 Å². The molecule has 1 amide bonds. The summed E-state index contributed by atoms with van der Waals surface area (Å²) in [5.41, 5.74) is 11.6. The second-order valence-electron chi connectivity index (χ2n) is 7.52. The van der Waals surface area contributed by atoms with Crippen LogP contribution in [0.2, 0.25) is 0 Å². The number of nitrogens with zero attached hydrogens (tertiary/aromatic N) is 3. The Morgan fingerprint density at radius 1 is 1.22 bits per heavy atom. The summed E-state index contributed by atoms with van der Waals surface area (Å²) in [7, 11) is 0. The van der Waals surface area contributed by atoms with Gasteiger partial charge in [-0.15, -0.1) is 12.4 Å². The number of aromatic nitrogens is 2. The Hall–Kier alpha value is -1.85. The molecule has 0 spiro atoms. The molecule has 1 atom stereocenters. The first-order valence-electron chi connectivity index (χ1n) is 9.54. The van der Waals surface area contributed by atoms with Gasteiger partial charge < -0.3 is 10.6 Å². The zero-order valence-electron chi connectivity index (χ0n) is 16.6. The molecule has 0 radical (unpaired) electrons. The third-order valence-corrected chi connectivity index (χ3v) is 5.55. The van der Waals surface area contributed by atoms with Crippen LogP contribution in [0.15, 0.2) is 24.3 Å². The van der Waals surface area contributed by atoms with E-state index in [0.29, 0.717) is 18.9 Å². The van der Waals surface area contributed by atoms with E-state index < -0.39 is 0 Å². The highest BCUT2D eigenvalue weighted by Crippen LogP contribution is 2.20. The number of likely N-dealkylation sites (tertiary alicyclic amines) is 1. The van der Waals surface area contributed by atoms with Crippen molar-refractivity contribution >= 4 is 18.3 Å². The van der Waals surface area contributed by atoms with Crippen molar-refractivity contribution in [2.24, 2.45) is 11.7 Å². The van der Waals surface area contributed by atoms with E-state index in [1.165, 1.54) is 16.7 Å². The summed E-state index contributed by atoms with van der Waals surface area (Å²) in [6.07, 6.45) is 2.35. The highest BCUT2D eigenvalue weighted by molar-refractivity contribution is 5.85. The Bertz CT molecular complexity index is 769. The van der Waals surface area contributed by atoms with E-state index in [1.807, 2.05) is 11.8 Å². The number of benzene rings is 1. The molecule has 2 N–H and O–H groups in total. The lowest BCUT2D eigenvalue weighted by atomic mass is 10.1. The standard InChI is InChI=1S/C21H30N4O.ClH/c1-15-4-6-18(7-5-15)14-25-17(3)20(16(2)23-25)8-9-21(26)24-11-10-19(12-22)13-24;/h4-7,19H,8-14,22H2,1-3H3;1H. The normalized spacial score (nSPS) is 16.4. The van der Waals surface area contributed by atoms with Gasteiger partial charge in [0, 0.05) is 25.2 Å². The second-order valence-corrected chi connectivity index (χ2v) is 7.52. The molecule has 1 fully saturated rings. The molecule has 6 heteroatoms. The maximum Gasteiger partial charge on any atom is 0.222 e. The molecule has 148 valence electrons. The summed E-state index contributed by atoms with van der Waals surface area (Å²) >= 11 is 0. The van der Waals surface area contributed by atoms with Gasteiger partial charge in [0.15, 0.2) is 0 Å². The van der Waals surface area contributed by atoms with Crippen molar-refractivity contribution in [2.45, 2.75) is 46.6 Å². The first-order chi connectivity index (χ1) is 12.5. The lowest BCUT2D eigenvalue weighted by molar-refractivity contribution is -0.130. The molecule has 1 aliphatic rings. The van der Waals surface area contributed by atoms with Crippen LogP contribution in [0, 0.1) is 26.7 Å². The zero-order valence-corrected chi connectivity index (χ0v) is 17.4. The van der Waals surface area contributed by atoms with Crippen LogP contribution in [0.1, 0.15) is 40.9 Å². The van der Waals surface area contributed by atoms with Gasteiger partial charge in [0.2, 0.25) is 5.91 Å². The second kappa shape index (κ2) is 9.38. The van der Waals surface area contributed by atoms with Crippen LogP contribution in [0.3, 0.4) is 0 Å². The molecule has 1 aromatic carbocycles. The van der Waals surface area contributed by atoms with Gasteiger partial charge in [-0.05, 0) is 57.2 Å². The maximum absolute atomic E-state index is 12.5. The van der Waals surface area contributed by atoms with Gasteiger partial charge >= 0.3 is 0 Å². The van der Waals surface area contributed by atoms with E-state index >= 15 is 0 Å². The number of halogens is 1. The highest BCUT2D eigenvalue weighted by Gasteiger charge is 2.25. The Balaban J connectivity index is 0.00000261. The molecule has 27 heavy (non-hydrogen) atoms. The fraction of sp³-hybridized carbons (Fsp3) is 0.524. The van der Waals surface area contributed by atoms with E-state index in [0.717, 1.165) is 43.9 Å². The summed E-state index contributed by atoms with van der Waals surface area (Å²) < 4.78 is 2.06. The number of hydrogen-bond donors (Lipinski definition) is 1. The number of hydrogen-bond acceptors (Lipinski definition) is 3. The smallest absolute Gasteiger partial charge is 0.222 e. The third-order valence-electron chi connectivity index (χ3n) is 5.55. The summed E-state index contributed by atoms with van der Waals surface area (Å²) in [6, 6.07) is 8.56. The summed E-state index contributed by atoms with van der Waals surface area (Å²) in [5, 5.41) is 4.70. The van der Waals surface area contributed by atoms with E-state index in [-0.39, 0.29) is 18.3 Å². The number of amides is 1. The van der Waals surface area contributed by atoms with Crippen LogP contribution in [-0.4, -0.2) is 40.2 Å². The topological polar surface area (TPSA) is 64.2 Å². The zero-order chi connectivity index (χ0) is 18.7. The van der Waals surface area contributed by atoms with Gasteiger partial charge in [-0.3, -0.25) is 9.48 Å². The quantitative estimate of drug-likeness (QED) is 0.824. The number of nitrogens with two attached hydrogens (primary N) is 1. The monoisotopic (exact) mass is 390 g/mol. The molecule has 3 rings (SSSR count). The van der Waals surface area contributed by atoms with Gasteiger partial charge in [0.25, 0.3) is 0 Å². The lowest BCUT2D eigenvalue weighted by Gasteiger charge is -2.16. The molecule has 1 saturated heterocycles. The van der Waals surface area contributed by atoms with E-state index in [1.54, 1.807) is 0 Å². The first-order valence-corrected chi connectivity index (χ1v) is 9.54. The van der Waals surface area contributed by atoms with Crippen LogP contribution in [-0.2, 0) is 17.8 Å². The molecular weight excluding hydrogens is 360 g/mol. The molecule has 1 aliphatic heterocycles. The van der Waals surface area contributed by atoms with Crippen molar-refractivity contribution < 1.29 is 4.79 Å². The van der Waals surface area contributed by atoms with Crippen LogP contribution in [0.5, 0.6) is 0 Å². The molecule has 1 unspecified atom stereocenters.